The molecule has 9 aromatic carbocycles. The Bertz CT molecular complexity index is 3060. The molecule has 0 atom stereocenters. The Labute approximate surface area is 345 Å². The lowest BCUT2D eigenvalue weighted by atomic mass is 9.79. The van der Waals surface area contributed by atoms with E-state index in [2.05, 4.69) is 190 Å². The SMILES string of the molecule is CC1(C)c2ccccc2-c2cccc(-c3ccccc3)c21.Nc1cc(-c2cc(-c3ccccc3)cc(-c3ccccc3)c2)cc(-c2cccc3c2oc2ccccc23)c1. The molecule has 10 aromatic rings. The molecule has 0 saturated heterocycles. The number of para-hydroxylation sites is 2. The van der Waals surface area contributed by atoms with Gasteiger partial charge in [-0.3, -0.25) is 0 Å². The zero-order valence-corrected chi connectivity index (χ0v) is 33.2. The fourth-order valence-electron chi connectivity index (χ4n) is 9.04. The van der Waals surface area contributed by atoms with E-state index < -0.39 is 0 Å². The van der Waals surface area contributed by atoms with Crippen molar-refractivity contribution in [3.63, 3.8) is 0 Å². The van der Waals surface area contributed by atoms with Crippen molar-refractivity contribution in [3.05, 3.63) is 223 Å². The van der Waals surface area contributed by atoms with Gasteiger partial charge in [0, 0.05) is 27.4 Å². The van der Waals surface area contributed by atoms with Crippen molar-refractivity contribution in [2.75, 3.05) is 5.73 Å². The normalized spacial score (nSPS) is 12.4. The second-order valence-electron chi connectivity index (χ2n) is 15.9. The molecule has 0 amide bonds. The summed E-state index contributed by atoms with van der Waals surface area (Å²) in [5.74, 6) is 0. The van der Waals surface area contributed by atoms with E-state index in [1.165, 1.54) is 55.6 Å². The number of benzene rings is 9. The maximum absolute atomic E-state index is 6.52. The third kappa shape index (κ3) is 6.59. The minimum Gasteiger partial charge on any atom is -0.455 e. The Morgan fingerprint density at radius 2 is 0.814 bits per heavy atom. The molecular formula is C57H43NO. The molecule has 0 fully saturated rings. The maximum atomic E-state index is 6.52. The molecule has 2 heteroatoms. The number of hydrogen-bond acceptors (Lipinski definition) is 2. The van der Waals surface area contributed by atoms with Gasteiger partial charge in [-0.2, -0.15) is 0 Å². The molecule has 0 unspecified atom stereocenters. The Balaban J connectivity index is 0.000000169. The van der Waals surface area contributed by atoms with Gasteiger partial charge in [-0.25, -0.2) is 0 Å². The molecule has 0 radical (unpaired) electrons. The van der Waals surface area contributed by atoms with Crippen LogP contribution >= 0.6 is 0 Å². The second-order valence-corrected chi connectivity index (χ2v) is 15.9. The van der Waals surface area contributed by atoms with Crippen LogP contribution in [-0.4, -0.2) is 0 Å². The molecule has 0 aliphatic heterocycles. The summed E-state index contributed by atoms with van der Waals surface area (Å²) in [6.45, 7) is 4.67. The predicted molar refractivity (Wildman–Crippen MR) is 249 cm³/mol. The Morgan fingerprint density at radius 1 is 0.356 bits per heavy atom. The van der Waals surface area contributed by atoms with E-state index in [4.69, 9.17) is 10.2 Å². The van der Waals surface area contributed by atoms with E-state index in [1.807, 2.05) is 36.4 Å². The van der Waals surface area contributed by atoms with Crippen LogP contribution in [0.15, 0.2) is 217 Å². The molecule has 1 aliphatic carbocycles. The second kappa shape index (κ2) is 14.8. The average molecular weight is 758 g/mol. The summed E-state index contributed by atoms with van der Waals surface area (Å²) in [7, 11) is 0. The van der Waals surface area contributed by atoms with Crippen molar-refractivity contribution in [1.29, 1.82) is 0 Å². The van der Waals surface area contributed by atoms with Gasteiger partial charge >= 0.3 is 0 Å². The Morgan fingerprint density at radius 3 is 1.51 bits per heavy atom. The summed E-state index contributed by atoms with van der Waals surface area (Å²) in [5.41, 5.74) is 26.4. The standard InChI is InChI=1S/C36H25NO.C21H18/c37-31-22-29(21-30(23-31)32-15-9-16-34-33-14-7-8-17-35(33)38-36(32)34)28-19-26(24-10-3-1-4-11-24)18-27(20-28)25-12-5-2-6-13-25;1-21(2)19-14-7-6-11-17(19)18-13-8-12-16(20(18)21)15-9-4-3-5-10-15/h1-23H,37H2;3-14H,1-2H3. The first-order chi connectivity index (χ1) is 28.9. The summed E-state index contributed by atoms with van der Waals surface area (Å²) < 4.78 is 6.34. The summed E-state index contributed by atoms with van der Waals surface area (Å²) in [6.07, 6.45) is 0. The Kier molecular flexibility index (Phi) is 9.03. The largest absolute Gasteiger partial charge is 0.455 e. The first-order valence-corrected chi connectivity index (χ1v) is 20.3. The minimum atomic E-state index is 0.0539. The van der Waals surface area contributed by atoms with E-state index in [0.717, 1.165) is 49.9 Å². The molecular weight excluding hydrogens is 715 g/mol. The number of furan rings is 1. The topological polar surface area (TPSA) is 39.2 Å². The van der Waals surface area contributed by atoms with E-state index in [9.17, 15) is 0 Å². The van der Waals surface area contributed by atoms with Crippen molar-refractivity contribution in [1.82, 2.24) is 0 Å². The van der Waals surface area contributed by atoms with Crippen LogP contribution in [0.3, 0.4) is 0 Å². The number of rotatable bonds is 5. The lowest BCUT2D eigenvalue weighted by Gasteiger charge is -2.24. The van der Waals surface area contributed by atoms with Crippen molar-refractivity contribution in [2.45, 2.75) is 19.3 Å². The number of nitrogens with two attached hydrogens (primary N) is 1. The van der Waals surface area contributed by atoms with Gasteiger partial charge < -0.3 is 10.2 Å². The molecule has 1 heterocycles. The van der Waals surface area contributed by atoms with Gasteiger partial charge in [0.05, 0.1) is 0 Å². The first-order valence-electron chi connectivity index (χ1n) is 20.3. The summed E-state index contributed by atoms with van der Waals surface area (Å²) in [6, 6.07) is 74.8. The van der Waals surface area contributed by atoms with Gasteiger partial charge in [-0.15, -0.1) is 0 Å². The molecule has 1 aromatic heterocycles. The van der Waals surface area contributed by atoms with Gasteiger partial charge in [0.25, 0.3) is 0 Å². The fourth-order valence-corrected chi connectivity index (χ4v) is 9.04. The highest BCUT2D eigenvalue weighted by atomic mass is 16.3. The van der Waals surface area contributed by atoms with Gasteiger partial charge in [-0.05, 0) is 115 Å². The van der Waals surface area contributed by atoms with Crippen LogP contribution in [0.25, 0.3) is 88.7 Å². The van der Waals surface area contributed by atoms with Crippen molar-refractivity contribution in [3.8, 4) is 66.8 Å². The van der Waals surface area contributed by atoms with Crippen molar-refractivity contribution in [2.24, 2.45) is 0 Å². The predicted octanol–water partition coefficient (Wildman–Crippen LogP) is 15.5. The molecule has 0 saturated carbocycles. The van der Waals surface area contributed by atoms with Crippen LogP contribution in [-0.2, 0) is 5.41 Å². The van der Waals surface area contributed by atoms with E-state index in [-0.39, 0.29) is 5.41 Å². The van der Waals surface area contributed by atoms with Crippen LogP contribution in [0.5, 0.6) is 0 Å². The maximum Gasteiger partial charge on any atom is 0.143 e. The van der Waals surface area contributed by atoms with E-state index >= 15 is 0 Å². The molecule has 11 rings (SSSR count). The summed E-state index contributed by atoms with van der Waals surface area (Å²) in [4.78, 5) is 0. The number of hydrogen-bond donors (Lipinski definition) is 1. The van der Waals surface area contributed by atoms with Gasteiger partial charge in [0.15, 0.2) is 0 Å². The van der Waals surface area contributed by atoms with E-state index in [0.29, 0.717) is 0 Å². The molecule has 2 nitrogen and oxygen atoms in total. The monoisotopic (exact) mass is 757 g/mol. The number of fused-ring (bicyclic) bond motifs is 6. The zero-order valence-electron chi connectivity index (χ0n) is 33.2. The van der Waals surface area contributed by atoms with Crippen LogP contribution in [0, 0.1) is 0 Å². The van der Waals surface area contributed by atoms with Crippen molar-refractivity contribution >= 4 is 27.6 Å². The number of anilines is 1. The molecule has 282 valence electrons. The molecule has 2 N–H and O–H groups in total. The van der Waals surface area contributed by atoms with Crippen LogP contribution in [0.2, 0.25) is 0 Å². The smallest absolute Gasteiger partial charge is 0.143 e. The fraction of sp³-hybridized carbons (Fsp3) is 0.0526. The third-order valence-electron chi connectivity index (χ3n) is 11.8. The highest BCUT2D eigenvalue weighted by Gasteiger charge is 2.37. The van der Waals surface area contributed by atoms with Crippen LogP contribution < -0.4 is 5.73 Å². The van der Waals surface area contributed by atoms with E-state index in [1.54, 1.807) is 0 Å². The van der Waals surface area contributed by atoms with Crippen LogP contribution in [0.1, 0.15) is 25.0 Å². The van der Waals surface area contributed by atoms with Crippen molar-refractivity contribution < 1.29 is 4.42 Å². The lowest BCUT2D eigenvalue weighted by Crippen LogP contribution is -2.16. The molecule has 0 spiro atoms. The lowest BCUT2D eigenvalue weighted by molar-refractivity contribution is 0.662. The Hall–Kier alpha value is -7.42. The van der Waals surface area contributed by atoms with Gasteiger partial charge in [0.1, 0.15) is 11.2 Å². The molecule has 0 bridgehead atoms. The molecule has 1 aliphatic rings. The number of nitrogen functional groups attached to an aromatic ring is 1. The highest BCUT2D eigenvalue weighted by molar-refractivity contribution is 6.09. The summed E-state index contributed by atoms with van der Waals surface area (Å²) >= 11 is 0. The van der Waals surface area contributed by atoms with Gasteiger partial charge in [0.2, 0.25) is 0 Å². The quantitative estimate of drug-likeness (QED) is 0.178. The average Bonchev–Trinajstić information content (AvgIpc) is 3.79. The summed E-state index contributed by atoms with van der Waals surface area (Å²) in [5, 5.41) is 2.23. The minimum absolute atomic E-state index is 0.0539. The first kappa shape index (κ1) is 36.0. The third-order valence-corrected chi connectivity index (χ3v) is 11.8. The highest BCUT2D eigenvalue weighted by Crippen LogP contribution is 2.52. The van der Waals surface area contributed by atoms with Crippen LogP contribution in [0.4, 0.5) is 5.69 Å². The molecule has 59 heavy (non-hydrogen) atoms. The zero-order chi connectivity index (χ0) is 39.9. The van der Waals surface area contributed by atoms with Gasteiger partial charge in [-0.1, -0.05) is 184 Å².